The van der Waals surface area contributed by atoms with E-state index in [1.54, 1.807) is 42.7 Å². The number of rotatable bonds is 6. The van der Waals surface area contributed by atoms with Crippen LogP contribution in [0, 0.1) is 0 Å². The molecule has 7 nitrogen and oxygen atoms in total. The number of ether oxygens (including phenoxy) is 1. The van der Waals surface area contributed by atoms with Gasteiger partial charge >= 0.3 is 5.97 Å². The van der Waals surface area contributed by atoms with Crippen molar-refractivity contribution in [2.24, 2.45) is 10.2 Å². The molecule has 2 heterocycles. The fourth-order valence-corrected chi connectivity index (χ4v) is 3.79. The lowest BCUT2D eigenvalue weighted by molar-refractivity contribution is 0.0697. The standard InChI is InChI=1S/C21H16N4O3S/c1-28-16-8-6-14(7-9-16)18-10-17-19(29-18)20(23-12-22-17)25-24-11-13-2-4-15(5-3-13)21(26)27/h2-10,12H,11H2,1H3,(H,26,27). The van der Waals surface area contributed by atoms with Crippen molar-refractivity contribution in [3.63, 3.8) is 0 Å². The summed E-state index contributed by atoms with van der Waals surface area (Å²) in [6, 6.07) is 16.4. The van der Waals surface area contributed by atoms with Crippen LogP contribution in [-0.2, 0) is 6.54 Å². The van der Waals surface area contributed by atoms with Crippen LogP contribution in [0.15, 0.2) is 71.2 Å². The van der Waals surface area contributed by atoms with E-state index >= 15 is 0 Å². The summed E-state index contributed by atoms with van der Waals surface area (Å²) in [4.78, 5) is 20.6. The number of carboxylic acid groups (broad SMARTS) is 1. The molecule has 0 aliphatic carbocycles. The Balaban J connectivity index is 1.56. The molecule has 4 rings (SSSR count). The first-order valence-corrected chi connectivity index (χ1v) is 9.54. The highest BCUT2D eigenvalue weighted by Crippen LogP contribution is 2.37. The van der Waals surface area contributed by atoms with Crippen LogP contribution in [0.4, 0.5) is 5.82 Å². The Bertz CT molecular complexity index is 1190. The molecule has 0 aliphatic heterocycles. The van der Waals surface area contributed by atoms with E-state index in [0.29, 0.717) is 12.4 Å². The van der Waals surface area contributed by atoms with Crippen molar-refractivity contribution in [1.82, 2.24) is 9.97 Å². The molecule has 0 fully saturated rings. The fraction of sp³-hybridized carbons (Fsp3) is 0.0952. The predicted octanol–water partition coefficient (Wildman–Crippen LogP) is 5.35. The Morgan fingerprint density at radius 3 is 2.55 bits per heavy atom. The first-order chi connectivity index (χ1) is 14.1. The molecule has 0 saturated carbocycles. The number of fused-ring (bicyclic) bond motifs is 1. The first kappa shape index (κ1) is 18.7. The maximum atomic E-state index is 10.9. The van der Waals surface area contributed by atoms with E-state index < -0.39 is 5.97 Å². The molecule has 1 N–H and O–H groups in total. The maximum absolute atomic E-state index is 10.9. The summed E-state index contributed by atoms with van der Waals surface area (Å²) in [7, 11) is 1.64. The Hall–Kier alpha value is -3.65. The van der Waals surface area contributed by atoms with Crippen LogP contribution in [0.3, 0.4) is 0 Å². The summed E-state index contributed by atoms with van der Waals surface area (Å²) in [5.41, 5.74) is 2.99. The zero-order chi connectivity index (χ0) is 20.2. The van der Waals surface area contributed by atoms with Crippen LogP contribution in [0.2, 0.25) is 0 Å². The normalized spacial score (nSPS) is 11.2. The summed E-state index contributed by atoms with van der Waals surface area (Å²) in [5, 5.41) is 17.4. The van der Waals surface area contributed by atoms with Crippen LogP contribution < -0.4 is 4.74 Å². The van der Waals surface area contributed by atoms with E-state index in [9.17, 15) is 4.79 Å². The van der Waals surface area contributed by atoms with Gasteiger partial charge in [0.1, 0.15) is 12.1 Å². The molecule has 144 valence electrons. The number of benzene rings is 2. The van der Waals surface area contributed by atoms with Crippen molar-refractivity contribution in [1.29, 1.82) is 0 Å². The molecule has 0 saturated heterocycles. The van der Waals surface area contributed by atoms with E-state index in [1.165, 1.54) is 6.33 Å². The number of carbonyl (C=O) groups is 1. The molecule has 0 amide bonds. The Labute approximate surface area is 170 Å². The topological polar surface area (TPSA) is 97.0 Å². The average Bonchev–Trinajstić information content (AvgIpc) is 3.19. The molecule has 2 aromatic carbocycles. The molecule has 4 aromatic rings. The highest BCUT2D eigenvalue weighted by Gasteiger charge is 2.10. The maximum Gasteiger partial charge on any atom is 0.335 e. The van der Waals surface area contributed by atoms with Gasteiger partial charge in [-0.3, -0.25) is 0 Å². The Kier molecular flexibility index (Phi) is 5.26. The third kappa shape index (κ3) is 4.12. The Morgan fingerprint density at radius 1 is 1.10 bits per heavy atom. The minimum Gasteiger partial charge on any atom is -0.497 e. The SMILES string of the molecule is COc1ccc(-c2cc3ncnc(N=NCc4ccc(C(=O)O)cc4)c3s2)cc1. The van der Waals surface area contributed by atoms with Crippen molar-refractivity contribution in [2.75, 3.05) is 7.11 Å². The monoisotopic (exact) mass is 404 g/mol. The third-order valence-electron chi connectivity index (χ3n) is 4.29. The predicted molar refractivity (Wildman–Crippen MR) is 111 cm³/mol. The molecule has 29 heavy (non-hydrogen) atoms. The van der Waals surface area contributed by atoms with Crippen LogP contribution in [0.1, 0.15) is 15.9 Å². The van der Waals surface area contributed by atoms with Gasteiger partial charge in [-0.25, -0.2) is 14.8 Å². The largest absolute Gasteiger partial charge is 0.497 e. The molecular weight excluding hydrogens is 388 g/mol. The van der Waals surface area contributed by atoms with Gasteiger partial charge in [-0.15, -0.1) is 16.5 Å². The second-order valence-corrected chi connectivity index (χ2v) is 7.20. The van der Waals surface area contributed by atoms with Crippen molar-refractivity contribution in [3.05, 3.63) is 72.1 Å². The van der Waals surface area contributed by atoms with Crippen LogP contribution in [0.25, 0.3) is 20.7 Å². The number of aromatic carboxylic acids is 1. The van der Waals surface area contributed by atoms with E-state index in [-0.39, 0.29) is 5.56 Å². The van der Waals surface area contributed by atoms with Crippen LogP contribution in [-0.4, -0.2) is 28.2 Å². The van der Waals surface area contributed by atoms with Crippen molar-refractivity contribution in [2.45, 2.75) is 6.54 Å². The van der Waals surface area contributed by atoms with Gasteiger partial charge in [-0.1, -0.05) is 12.1 Å². The number of thiophene rings is 1. The highest BCUT2D eigenvalue weighted by atomic mass is 32.1. The molecule has 0 aliphatic rings. The summed E-state index contributed by atoms with van der Waals surface area (Å²) in [6.07, 6.45) is 1.48. The van der Waals surface area contributed by atoms with Gasteiger partial charge in [0.25, 0.3) is 0 Å². The van der Waals surface area contributed by atoms with Gasteiger partial charge in [0.05, 0.1) is 29.4 Å². The fourth-order valence-electron chi connectivity index (χ4n) is 2.75. The summed E-state index contributed by atoms with van der Waals surface area (Å²) >= 11 is 1.56. The molecule has 8 heteroatoms. The molecule has 0 spiro atoms. The van der Waals surface area contributed by atoms with Gasteiger partial charge < -0.3 is 9.84 Å². The van der Waals surface area contributed by atoms with Crippen molar-refractivity contribution >= 4 is 33.3 Å². The molecule has 0 radical (unpaired) electrons. The number of hydrogen-bond acceptors (Lipinski definition) is 7. The molecule has 0 bridgehead atoms. The number of azo groups is 1. The molecule has 0 unspecified atom stereocenters. The minimum absolute atomic E-state index is 0.243. The molecule has 0 atom stereocenters. The number of methoxy groups -OCH3 is 1. The van der Waals surface area contributed by atoms with Gasteiger partial charge in [-0.05, 0) is 53.6 Å². The number of carboxylic acids is 1. The number of aromatic nitrogens is 2. The van der Waals surface area contributed by atoms with Gasteiger partial charge in [0, 0.05) is 4.88 Å². The van der Waals surface area contributed by atoms with E-state index in [2.05, 4.69) is 20.2 Å². The highest BCUT2D eigenvalue weighted by molar-refractivity contribution is 7.22. The summed E-state index contributed by atoms with van der Waals surface area (Å²) < 4.78 is 6.07. The molecule has 2 aromatic heterocycles. The zero-order valence-electron chi connectivity index (χ0n) is 15.4. The second kappa shape index (κ2) is 8.15. The summed E-state index contributed by atoms with van der Waals surface area (Å²) in [6.45, 7) is 0.335. The van der Waals surface area contributed by atoms with Gasteiger partial charge in [0.15, 0.2) is 5.82 Å². The van der Waals surface area contributed by atoms with Crippen LogP contribution in [0.5, 0.6) is 5.75 Å². The van der Waals surface area contributed by atoms with E-state index in [0.717, 1.165) is 32.0 Å². The van der Waals surface area contributed by atoms with E-state index in [4.69, 9.17) is 9.84 Å². The lowest BCUT2D eigenvalue weighted by Crippen LogP contribution is -1.95. The summed E-state index contributed by atoms with van der Waals surface area (Å²) in [5.74, 6) is 0.370. The van der Waals surface area contributed by atoms with Gasteiger partial charge in [-0.2, -0.15) is 5.11 Å². The smallest absolute Gasteiger partial charge is 0.335 e. The first-order valence-electron chi connectivity index (χ1n) is 8.73. The minimum atomic E-state index is -0.952. The quantitative estimate of drug-likeness (QED) is 0.437. The number of nitrogens with zero attached hydrogens (tertiary/aromatic N) is 4. The Morgan fingerprint density at radius 2 is 1.86 bits per heavy atom. The van der Waals surface area contributed by atoms with Crippen LogP contribution >= 0.6 is 11.3 Å². The van der Waals surface area contributed by atoms with E-state index in [1.807, 2.05) is 30.3 Å². The lowest BCUT2D eigenvalue weighted by atomic mass is 10.1. The third-order valence-corrected chi connectivity index (χ3v) is 5.46. The lowest BCUT2D eigenvalue weighted by Gasteiger charge is -2.00. The average molecular weight is 404 g/mol. The van der Waals surface area contributed by atoms with Crippen molar-refractivity contribution in [3.8, 4) is 16.2 Å². The van der Waals surface area contributed by atoms with Gasteiger partial charge in [0.2, 0.25) is 0 Å². The molecular formula is C21H16N4O3S. The number of hydrogen-bond donors (Lipinski definition) is 1. The zero-order valence-corrected chi connectivity index (χ0v) is 16.3. The second-order valence-electron chi connectivity index (χ2n) is 6.15. The van der Waals surface area contributed by atoms with Crippen molar-refractivity contribution < 1.29 is 14.6 Å².